The van der Waals surface area contributed by atoms with Gasteiger partial charge in [-0.15, -0.1) is 0 Å². The fourth-order valence-corrected chi connectivity index (χ4v) is 1.54. The third-order valence-corrected chi connectivity index (χ3v) is 2.43. The van der Waals surface area contributed by atoms with Crippen LogP contribution in [0.2, 0.25) is 0 Å². The van der Waals surface area contributed by atoms with Crippen molar-refractivity contribution < 1.29 is 28.8 Å². The first kappa shape index (κ1) is 14.7. The summed E-state index contributed by atoms with van der Waals surface area (Å²) in [4.78, 5) is 11.1. The van der Waals surface area contributed by atoms with E-state index in [0.717, 1.165) is 0 Å². The van der Waals surface area contributed by atoms with Crippen molar-refractivity contribution in [3.05, 3.63) is 17.7 Å². The molecule has 0 unspecified atom stereocenters. The van der Waals surface area contributed by atoms with E-state index in [-0.39, 0.29) is 17.2 Å². The summed E-state index contributed by atoms with van der Waals surface area (Å²) in [5, 5.41) is 10.0. The molecule has 1 rings (SSSR count). The summed E-state index contributed by atoms with van der Waals surface area (Å²) in [7, 11) is 5.52. The molecular formula is C13H16O6. The Labute approximate surface area is 111 Å². The molecule has 0 atom stereocenters. The second kappa shape index (κ2) is 6.53. The van der Waals surface area contributed by atoms with Crippen LogP contribution in [-0.4, -0.2) is 39.5 Å². The Morgan fingerprint density at radius 1 is 1.11 bits per heavy atom. The van der Waals surface area contributed by atoms with Crippen molar-refractivity contribution in [3.8, 4) is 23.0 Å². The Kier molecular flexibility index (Phi) is 5.05. The molecular weight excluding hydrogens is 252 g/mol. The largest absolute Gasteiger partial charge is 0.502 e. The maximum Gasteiger partial charge on any atom is 0.330 e. The lowest BCUT2D eigenvalue weighted by atomic mass is 10.1. The van der Waals surface area contributed by atoms with Crippen molar-refractivity contribution in [2.75, 3.05) is 28.4 Å². The molecule has 19 heavy (non-hydrogen) atoms. The Hall–Kier alpha value is -2.37. The third-order valence-electron chi connectivity index (χ3n) is 2.43. The normalized spacial score (nSPS) is 10.3. The Morgan fingerprint density at radius 3 is 2.21 bits per heavy atom. The highest BCUT2D eigenvalue weighted by molar-refractivity contribution is 5.88. The fourth-order valence-electron chi connectivity index (χ4n) is 1.54. The van der Waals surface area contributed by atoms with Crippen molar-refractivity contribution in [1.29, 1.82) is 0 Å². The second-order valence-corrected chi connectivity index (χ2v) is 3.44. The molecule has 6 heteroatoms. The Bertz CT molecular complexity index is 492. The van der Waals surface area contributed by atoms with Crippen molar-refractivity contribution in [3.63, 3.8) is 0 Å². The topological polar surface area (TPSA) is 74.2 Å². The average Bonchev–Trinajstić information content (AvgIpc) is 2.43. The van der Waals surface area contributed by atoms with Crippen molar-refractivity contribution in [1.82, 2.24) is 0 Å². The van der Waals surface area contributed by atoms with Crippen LogP contribution in [-0.2, 0) is 9.53 Å². The summed E-state index contributed by atoms with van der Waals surface area (Å²) in [5.74, 6) is -0.0529. The number of benzene rings is 1. The van der Waals surface area contributed by atoms with Gasteiger partial charge in [-0.25, -0.2) is 4.79 Å². The molecule has 1 aromatic rings. The average molecular weight is 268 g/mol. The molecule has 0 saturated heterocycles. The highest BCUT2D eigenvalue weighted by Crippen LogP contribution is 2.46. The molecule has 0 aliphatic heterocycles. The van der Waals surface area contributed by atoms with Crippen molar-refractivity contribution >= 4 is 12.0 Å². The van der Waals surface area contributed by atoms with E-state index in [9.17, 15) is 9.90 Å². The highest BCUT2D eigenvalue weighted by Gasteiger charge is 2.18. The van der Waals surface area contributed by atoms with Crippen LogP contribution in [0.3, 0.4) is 0 Å². The van der Waals surface area contributed by atoms with Gasteiger partial charge in [-0.05, 0) is 12.1 Å². The number of phenols is 1. The monoisotopic (exact) mass is 268 g/mol. The maximum atomic E-state index is 11.1. The first-order valence-corrected chi connectivity index (χ1v) is 5.37. The standard InChI is InChI=1S/C13H16O6/c1-16-9-7-8(5-6-10(14)17-2)12(18-3)11(15)13(9)19-4/h5-7,15H,1-4H3/b6-5+. The van der Waals surface area contributed by atoms with E-state index in [1.54, 1.807) is 6.07 Å². The maximum absolute atomic E-state index is 11.1. The minimum atomic E-state index is -0.517. The smallest absolute Gasteiger partial charge is 0.330 e. The lowest BCUT2D eigenvalue weighted by Crippen LogP contribution is -1.97. The predicted molar refractivity (Wildman–Crippen MR) is 68.8 cm³/mol. The van der Waals surface area contributed by atoms with Crippen LogP contribution in [0.4, 0.5) is 0 Å². The number of aromatic hydroxyl groups is 1. The van der Waals surface area contributed by atoms with Crippen LogP contribution in [0.15, 0.2) is 12.1 Å². The van der Waals surface area contributed by atoms with Crippen LogP contribution in [0.1, 0.15) is 5.56 Å². The number of carbonyl (C=O) groups excluding carboxylic acids is 1. The number of methoxy groups -OCH3 is 4. The minimum Gasteiger partial charge on any atom is -0.502 e. The molecule has 0 amide bonds. The van der Waals surface area contributed by atoms with E-state index in [1.165, 1.54) is 40.6 Å². The molecule has 0 aliphatic carbocycles. The zero-order valence-electron chi connectivity index (χ0n) is 11.2. The number of hydrogen-bond acceptors (Lipinski definition) is 6. The van der Waals surface area contributed by atoms with Crippen molar-refractivity contribution in [2.45, 2.75) is 0 Å². The molecule has 104 valence electrons. The van der Waals surface area contributed by atoms with E-state index in [0.29, 0.717) is 11.3 Å². The van der Waals surface area contributed by atoms with Gasteiger partial charge in [0.05, 0.1) is 28.4 Å². The second-order valence-electron chi connectivity index (χ2n) is 3.44. The summed E-state index contributed by atoms with van der Waals surface area (Å²) in [6.07, 6.45) is 2.66. The van der Waals surface area contributed by atoms with Gasteiger partial charge in [0.25, 0.3) is 0 Å². The predicted octanol–water partition coefficient (Wildman–Crippen LogP) is 1.60. The summed E-state index contributed by atoms with van der Waals surface area (Å²) >= 11 is 0. The van der Waals surface area contributed by atoms with Crippen LogP contribution >= 0.6 is 0 Å². The van der Waals surface area contributed by atoms with Crippen LogP contribution in [0.25, 0.3) is 6.08 Å². The first-order valence-electron chi connectivity index (χ1n) is 5.37. The van der Waals surface area contributed by atoms with Gasteiger partial charge in [-0.3, -0.25) is 0 Å². The molecule has 0 spiro atoms. The quantitative estimate of drug-likeness (QED) is 0.646. The van der Waals surface area contributed by atoms with Gasteiger partial charge in [-0.1, -0.05) is 0 Å². The minimum absolute atomic E-state index is 0.162. The lowest BCUT2D eigenvalue weighted by molar-refractivity contribution is -0.134. The molecule has 0 bridgehead atoms. The van der Waals surface area contributed by atoms with Gasteiger partial charge in [0.2, 0.25) is 11.5 Å². The summed E-state index contributed by atoms with van der Waals surface area (Å²) in [6, 6.07) is 1.58. The summed E-state index contributed by atoms with van der Waals surface area (Å²) in [5.41, 5.74) is 0.461. The molecule has 0 aliphatic rings. The number of esters is 1. The molecule has 6 nitrogen and oxygen atoms in total. The van der Waals surface area contributed by atoms with Gasteiger partial charge in [0.15, 0.2) is 11.5 Å². The molecule has 0 heterocycles. The highest BCUT2D eigenvalue weighted by atomic mass is 16.5. The van der Waals surface area contributed by atoms with Gasteiger partial charge in [-0.2, -0.15) is 0 Å². The summed E-state index contributed by atoms with van der Waals surface area (Å²) < 4.78 is 19.7. The van der Waals surface area contributed by atoms with E-state index in [1.807, 2.05) is 0 Å². The zero-order chi connectivity index (χ0) is 14.4. The van der Waals surface area contributed by atoms with Gasteiger partial charge < -0.3 is 24.1 Å². The molecule has 0 radical (unpaired) electrons. The van der Waals surface area contributed by atoms with E-state index in [2.05, 4.69) is 4.74 Å². The van der Waals surface area contributed by atoms with Crippen LogP contribution in [0.5, 0.6) is 23.0 Å². The van der Waals surface area contributed by atoms with E-state index in [4.69, 9.17) is 14.2 Å². The van der Waals surface area contributed by atoms with Gasteiger partial charge in [0, 0.05) is 11.6 Å². The number of ether oxygens (including phenoxy) is 4. The zero-order valence-corrected chi connectivity index (χ0v) is 11.2. The summed E-state index contributed by atoms with van der Waals surface area (Å²) in [6.45, 7) is 0. The Balaban J connectivity index is 3.34. The molecule has 0 saturated carbocycles. The van der Waals surface area contributed by atoms with E-state index >= 15 is 0 Å². The molecule has 0 aromatic heterocycles. The SMILES string of the molecule is COC(=O)/C=C/c1cc(OC)c(OC)c(O)c1OC. The molecule has 0 fully saturated rings. The number of carbonyl (C=O) groups is 1. The van der Waals surface area contributed by atoms with Gasteiger partial charge in [0.1, 0.15) is 0 Å². The molecule has 1 N–H and O–H groups in total. The number of hydrogen-bond donors (Lipinski definition) is 1. The third kappa shape index (κ3) is 3.09. The van der Waals surface area contributed by atoms with E-state index < -0.39 is 5.97 Å². The number of phenolic OH excluding ortho intramolecular Hbond substituents is 1. The lowest BCUT2D eigenvalue weighted by Gasteiger charge is -2.14. The fraction of sp³-hybridized carbons (Fsp3) is 0.308. The van der Waals surface area contributed by atoms with Crippen LogP contribution < -0.4 is 14.2 Å². The number of rotatable bonds is 5. The Morgan fingerprint density at radius 2 is 1.74 bits per heavy atom. The molecule has 1 aromatic carbocycles. The van der Waals surface area contributed by atoms with Crippen LogP contribution in [0, 0.1) is 0 Å². The first-order chi connectivity index (χ1) is 9.08. The van der Waals surface area contributed by atoms with Gasteiger partial charge >= 0.3 is 5.97 Å². The van der Waals surface area contributed by atoms with Crippen molar-refractivity contribution in [2.24, 2.45) is 0 Å².